The lowest BCUT2D eigenvalue weighted by atomic mass is 10.3. The summed E-state index contributed by atoms with van der Waals surface area (Å²) in [6.07, 6.45) is 1.82. The highest BCUT2D eigenvalue weighted by Gasteiger charge is 2.34. The fraction of sp³-hybridized carbons (Fsp3) is 0.692. The predicted molar refractivity (Wildman–Crippen MR) is 74.9 cm³/mol. The summed E-state index contributed by atoms with van der Waals surface area (Å²) in [7, 11) is -1.85. The molecule has 6 nitrogen and oxygen atoms in total. The molecule has 1 unspecified atom stereocenters. The van der Waals surface area contributed by atoms with Crippen LogP contribution in [0.2, 0.25) is 0 Å². The fourth-order valence-corrected chi connectivity index (χ4v) is 3.99. The summed E-state index contributed by atoms with van der Waals surface area (Å²) in [5.74, 6) is 0.617. The first-order chi connectivity index (χ1) is 9.55. The van der Waals surface area contributed by atoms with Crippen molar-refractivity contribution >= 4 is 10.0 Å². The van der Waals surface area contributed by atoms with Gasteiger partial charge in [-0.3, -0.25) is 0 Å². The molecule has 0 aliphatic carbocycles. The zero-order valence-electron chi connectivity index (χ0n) is 12.0. The Kier molecular flexibility index (Phi) is 5.20. The number of rotatable bonds is 7. The SMILES string of the molecule is COCCNCc1ccc(S(=O)(=O)N2CCCC2C)o1. The van der Waals surface area contributed by atoms with E-state index in [9.17, 15) is 8.42 Å². The van der Waals surface area contributed by atoms with E-state index in [1.54, 1.807) is 13.2 Å². The zero-order valence-corrected chi connectivity index (χ0v) is 12.8. The minimum Gasteiger partial charge on any atom is -0.447 e. The van der Waals surface area contributed by atoms with Gasteiger partial charge in [-0.2, -0.15) is 4.31 Å². The van der Waals surface area contributed by atoms with Gasteiger partial charge in [0.25, 0.3) is 10.0 Å². The van der Waals surface area contributed by atoms with Crippen LogP contribution in [0.25, 0.3) is 0 Å². The smallest absolute Gasteiger partial charge is 0.276 e. The van der Waals surface area contributed by atoms with E-state index in [-0.39, 0.29) is 11.1 Å². The van der Waals surface area contributed by atoms with Gasteiger partial charge in [0.2, 0.25) is 5.09 Å². The van der Waals surface area contributed by atoms with Gasteiger partial charge in [0.15, 0.2) is 0 Å². The summed E-state index contributed by atoms with van der Waals surface area (Å²) in [6.45, 7) is 4.31. The molecule has 1 fully saturated rings. The first-order valence-electron chi connectivity index (χ1n) is 6.86. The maximum absolute atomic E-state index is 12.4. The first-order valence-corrected chi connectivity index (χ1v) is 8.30. The average Bonchev–Trinajstić information content (AvgIpc) is 3.04. The Balaban J connectivity index is 2.00. The number of furan rings is 1. The van der Waals surface area contributed by atoms with Crippen LogP contribution in [0.15, 0.2) is 21.6 Å². The minimum absolute atomic E-state index is 0.0368. The Morgan fingerprint density at radius 3 is 2.95 bits per heavy atom. The van der Waals surface area contributed by atoms with Crippen molar-refractivity contribution in [2.24, 2.45) is 0 Å². The van der Waals surface area contributed by atoms with E-state index in [0.29, 0.717) is 32.0 Å². The Hall–Kier alpha value is -0.890. The minimum atomic E-state index is -3.49. The number of sulfonamides is 1. The molecule has 2 rings (SSSR count). The number of nitrogens with zero attached hydrogens (tertiary/aromatic N) is 1. The molecule has 1 N–H and O–H groups in total. The fourth-order valence-electron chi connectivity index (χ4n) is 2.36. The van der Waals surface area contributed by atoms with E-state index < -0.39 is 10.0 Å². The average molecular weight is 302 g/mol. The summed E-state index contributed by atoms with van der Waals surface area (Å²) in [5, 5.41) is 3.16. The molecule has 20 heavy (non-hydrogen) atoms. The van der Waals surface area contributed by atoms with Gasteiger partial charge < -0.3 is 14.5 Å². The summed E-state index contributed by atoms with van der Waals surface area (Å²) < 4.78 is 36.8. The molecule has 0 radical (unpaired) electrons. The van der Waals surface area contributed by atoms with Crippen molar-refractivity contribution in [3.05, 3.63) is 17.9 Å². The molecule has 0 aromatic carbocycles. The van der Waals surface area contributed by atoms with Gasteiger partial charge in [0.1, 0.15) is 5.76 Å². The van der Waals surface area contributed by atoms with E-state index in [1.807, 2.05) is 6.92 Å². The molecule has 114 valence electrons. The standard InChI is InChI=1S/C13H22N2O4S/c1-11-4-3-8-15(11)20(16,17)13-6-5-12(19-13)10-14-7-9-18-2/h5-6,11,14H,3-4,7-10H2,1-2H3. The molecule has 0 spiro atoms. The van der Waals surface area contributed by atoms with Crippen molar-refractivity contribution in [1.82, 2.24) is 9.62 Å². The summed E-state index contributed by atoms with van der Waals surface area (Å²) >= 11 is 0. The summed E-state index contributed by atoms with van der Waals surface area (Å²) in [4.78, 5) is 0. The Bertz CT molecular complexity index is 526. The lowest BCUT2D eigenvalue weighted by Crippen LogP contribution is -2.33. The normalized spacial score (nSPS) is 20.6. The Morgan fingerprint density at radius 2 is 2.30 bits per heavy atom. The van der Waals surface area contributed by atoms with Crippen LogP contribution >= 0.6 is 0 Å². The zero-order chi connectivity index (χ0) is 14.6. The van der Waals surface area contributed by atoms with Crippen molar-refractivity contribution in [3.8, 4) is 0 Å². The third-order valence-corrected chi connectivity index (χ3v) is 5.36. The van der Waals surface area contributed by atoms with Gasteiger partial charge >= 0.3 is 0 Å². The van der Waals surface area contributed by atoms with Gasteiger partial charge in [0, 0.05) is 26.2 Å². The number of methoxy groups -OCH3 is 1. The van der Waals surface area contributed by atoms with Crippen LogP contribution in [-0.2, 0) is 21.3 Å². The molecule has 1 atom stereocenters. The molecule has 1 aliphatic heterocycles. The second-order valence-electron chi connectivity index (χ2n) is 5.00. The monoisotopic (exact) mass is 302 g/mol. The molecule has 7 heteroatoms. The van der Waals surface area contributed by atoms with Gasteiger partial charge in [-0.15, -0.1) is 0 Å². The Labute approximate surface area is 120 Å². The largest absolute Gasteiger partial charge is 0.447 e. The van der Waals surface area contributed by atoms with Crippen LogP contribution in [0, 0.1) is 0 Å². The highest BCUT2D eigenvalue weighted by atomic mass is 32.2. The predicted octanol–water partition coefficient (Wildman–Crippen LogP) is 1.19. The third-order valence-electron chi connectivity index (χ3n) is 3.47. The summed E-state index contributed by atoms with van der Waals surface area (Å²) in [5.41, 5.74) is 0. The van der Waals surface area contributed by atoms with Crippen LogP contribution in [0.5, 0.6) is 0 Å². The summed E-state index contributed by atoms with van der Waals surface area (Å²) in [6, 6.07) is 3.29. The molecule has 1 aromatic heterocycles. The van der Waals surface area contributed by atoms with Gasteiger partial charge in [-0.1, -0.05) is 0 Å². The second kappa shape index (κ2) is 6.71. The van der Waals surface area contributed by atoms with E-state index in [0.717, 1.165) is 12.8 Å². The molecule has 1 saturated heterocycles. The number of ether oxygens (including phenoxy) is 1. The van der Waals surface area contributed by atoms with Crippen molar-refractivity contribution in [1.29, 1.82) is 0 Å². The quantitative estimate of drug-likeness (QED) is 0.766. The maximum atomic E-state index is 12.4. The molecule has 2 heterocycles. The lowest BCUT2D eigenvalue weighted by molar-refractivity contribution is 0.198. The van der Waals surface area contributed by atoms with Crippen molar-refractivity contribution in [3.63, 3.8) is 0 Å². The lowest BCUT2D eigenvalue weighted by Gasteiger charge is -2.18. The van der Waals surface area contributed by atoms with Crippen molar-refractivity contribution < 1.29 is 17.6 Å². The molecule has 1 aromatic rings. The van der Waals surface area contributed by atoms with Crippen LogP contribution in [0.1, 0.15) is 25.5 Å². The topological polar surface area (TPSA) is 71.8 Å². The van der Waals surface area contributed by atoms with Crippen LogP contribution < -0.4 is 5.32 Å². The Morgan fingerprint density at radius 1 is 1.50 bits per heavy atom. The van der Waals surface area contributed by atoms with E-state index >= 15 is 0 Å². The number of hydrogen-bond donors (Lipinski definition) is 1. The molecular weight excluding hydrogens is 280 g/mol. The van der Waals surface area contributed by atoms with Gasteiger partial charge in [-0.25, -0.2) is 8.42 Å². The van der Waals surface area contributed by atoms with E-state index in [4.69, 9.17) is 9.15 Å². The van der Waals surface area contributed by atoms with Crippen LogP contribution in [-0.4, -0.2) is 45.6 Å². The van der Waals surface area contributed by atoms with Crippen molar-refractivity contribution in [2.45, 2.75) is 37.4 Å². The molecule has 0 bridgehead atoms. The first kappa shape index (κ1) is 15.5. The highest BCUT2D eigenvalue weighted by Crippen LogP contribution is 2.26. The van der Waals surface area contributed by atoms with Crippen LogP contribution in [0.4, 0.5) is 0 Å². The maximum Gasteiger partial charge on any atom is 0.276 e. The third kappa shape index (κ3) is 3.41. The second-order valence-corrected chi connectivity index (χ2v) is 6.82. The van der Waals surface area contributed by atoms with Crippen molar-refractivity contribution in [2.75, 3.05) is 26.8 Å². The highest BCUT2D eigenvalue weighted by molar-refractivity contribution is 7.89. The number of nitrogens with one attached hydrogen (secondary N) is 1. The molecule has 0 amide bonds. The van der Waals surface area contributed by atoms with E-state index in [2.05, 4.69) is 5.32 Å². The van der Waals surface area contributed by atoms with Gasteiger partial charge in [-0.05, 0) is 31.9 Å². The van der Waals surface area contributed by atoms with Crippen LogP contribution in [0.3, 0.4) is 0 Å². The van der Waals surface area contributed by atoms with E-state index in [1.165, 1.54) is 10.4 Å². The van der Waals surface area contributed by atoms with Gasteiger partial charge in [0.05, 0.1) is 13.2 Å². The number of hydrogen-bond acceptors (Lipinski definition) is 5. The molecular formula is C13H22N2O4S. The molecule has 1 aliphatic rings. The molecule has 0 saturated carbocycles.